The van der Waals surface area contributed by atoms with Gasteiger partial charge in [-0.1, -0.05) is 0 Å². The lowest BCUT2D eigenvalue weighted by atomic mass is 9.98. The van der Waals surface area contributed by atoms with Gasteiger partial charge >= 0.3 is 6.18 Å². The van der Waals surface area contributed by atoms with E-state index in [-0.39, 0.29) is 30.5 Å². The molecule has 28 heavy (non-hydrogen) atoms. The summed E-state index contributed by atoms with van der Waals surface area (Å²) in [6.45, 7) is 0. The van der Waals surface area contributed by atoms with Crippen LogP contribution in [0.3, 0.4) is 0 Å². The van der Waals surface area contributed by atoms with Gasteiger partial charge in [0.2, 0.25) is 5.88 Å². The molecule has 2 heterocycles. The minimum atomic E-state index is -4.58. The highest BCUT2D eigenvalue weighted by Gasteiger charge is 2.66. The number of methoxy groups -OCH3 is 1. The van der Waals surface area contributed by atoms with Gasteiger partial charge in [-0.3, -0.25) is 0 Å². The lowest BCUT2D eigenvalue weighted by molar-refractivity contribution is -0.161. The van der Waals surface area contributed by atoms with E-state index >= 15 is 0 Å². The van der Waals surface area contributed by atoms with Crippen molar-refractivity contribution in [1.29, 1.82) is 0 Å². The van der Waals surface area contributed by atoms with Gasteiger partial charge in [0.25, 0.3) is 0 Å². The van der Waals surface area contributed by atoms with Crippen molar-refractivity contribution < 1.29 is 26.3 Å². The van der Waals surface area contributed by atoms with E-state index in [1.54, 1.807) is 0 Å². The Morgan fingerprint density at radius 1 is 1.18 bits per heavy atom. The molecular weight excluding hydrogens is 397 g/mol. The smallest absolute Gasteiger partial charge is 0.398 e. The number of alkyl halides is 3. The summed E-state index contributed by atoms with van der Waals surface area (Å²) in [4.78, 5) is 16.4. The molecule has 2 aromatic heterocycles. The highest BCUT2D eigenvalue weighted by molar-refractivity contribution is 7.90. The molecule has 0 bridgehead atoms. The van der Waals surface area contributed by atoms with E-state index in [1.165, 1.54) is 13.4 Å². The molecule has 2 aliphatic rings. The average molecular weight is 414 g/mol. The van der Waals surface area contributed by atoms with Crippen LogP contribution in [0.2, 0.25) is 0 Å². The number of aromatic nitrogens is 4. The minimum Gasteiger partial charge on any atom is -0.480 e. The highest BCUT2D eigenvalue weighted by Crippen LogP contribution is 2.60. The van der Waals surface area contributed by atoms with E-state index in [1.807, 2.05) is 0 Å². The van der Waals surface area contributed by atoms with E-state index in [4.69, 9.17) is 4.74 Å². The first kappa shape index (κ1) is 19.0. The fourth-order valence-electron chi connectivity index (χ4n) is 3.34. The van der Waals surface area contributed by atoms with E-state index in [0.717, 1.165) is 25.3 Å². The number of rotatable bonds is 5. The monoisotopic (exact) mass is 414 g/mol. The number of hydrogen-bond donors (Lipinski definition) is 0. The Hall–Kier alpha value is -2.30. The second-order valence-corrected chi connectivity index (χ2v) is 9.11. The average Bonchev–Trinajstić information content (AvgIpc) is 3.52. The summed E-state index contributed by atoms with van der Waals surface area (Å²) < 4.78 is 70.6. The van der Waals surface area contributed by atoms with Crippen LogP contribution in [0, 0.1) is 0 Å². The van der Waals surface area contributed by atoms with Gasteiger partial charge in [-0.15, -0.1) is 0 Å². The molecule has 0 N–H and O–H groups in total. The Bertz CT molecular complexity index is 1050. The molecule has 0 amide bonds. The van der Waals surface area contributed by atoms with Gasteiger partial charge in [0.05, 0.1) is 18.2 Å². The summed E-state index contributed by atoms with van der Waals surface area (Å²) in [6, 6.07) is 0. The zero-order valence-electron chi connectivity index (χ0n) is 15.1. The van der Waals surface area contributed by atoms with Crippen molar-refractivity contribution in [2.75, 3.05) is 13.4 Å². The summed E-state index contributed by atoms with van der Waals surface area (Å²) in [5.41, 5.74) is -1.69. The minimum absolute atomic E-state index is 0.0542. The maximum atomic E-state index is 13.6. The molecule has 4 rings (SSSR count). The fraction of sp³-hybridized carbons (Fsp3) is 0.529. The van der Waals surface area contributed by atoms with Gasteiger partial charge in [0, 0.05) is 23.9 Å². The molecule has 0 saturated heterocycles. The molecule has 0 aliphatic heterocycles. The topological polar surface area (TPSA) is 94.9 Å². The molecule has 2 aromatic rings. The summed E-state index contributed by atoms with van der Waals surface area (Å²) >= 11 is 0. The quantitative estimate of drug-likeness (QED) is 0.694. The van der Waals surface area contributed by atoms with Gasteiger partial charge in [0.15, 0.2) is 20.7 Å². The van der Waals surface area contributed by atoms with Crippen molar-refractivity contribution >= 4 is 9.84 Å². The summed E-state index contributed by atoms with van der Waals surface area (Å²) in [5, 5.41) is -0.611. The van der Waals surface area contributed by atoms with Crippen molar-refractivity contribution in [3.8, 4) is 17.3 Å². The molecule has 0 radical (unpaired) electrons. The van der Waals surface area contributed by atoms with E-state index in [9.17, 15) is 21.6 Å². The molecule has 2 aliphatic carbocycles. The fourth-order valence-corrected chi connectivity index (χ4v) is 4.24. The SMILES string of the molecule is COc1ncnc(C2CC2)c1-c1ncc(C2(C(F)(F)F)CC2)c(S(C)(=O)=O)n1. The van der Waals surface area contributed by atoms with Crippen molar-refractivity contribution in [1.82, 2.24) is 19.9 Å². The van der Waals surface area contributed by atoms with Crippen LogP contribution in [0.25, 0.3) is 11.4 Å². The molecule has 2 fully saturated rings. The zero-order valence-corrected chi connectivity index (χ0v) is 15.9. The van der Waals surface area contributed by atoms with Crippen molar-refractivity contribution in [2.45, 2.75) is 48.2 Å². The number of halogens is 3. The van der Waals surface area contributed by atoms with Gasteiger partial charge in [0.1, 0.15) is 11.9 Å². The van der Waals surface area contributed by atoms with Crippen LogP contribution in [-0.2, 0) is 15.3 Å². The molecular formula is C17H17F3N4O3S. The van der Waals surface area contributed by atoms with Gasteiger partial charge in [-0.25, -0.2) is 28.4 Å². The largest absolute Gasteiger partial charge is 0.480 e. The van der Waals surface area contributed by atoms with Crippen molar-refractivity contribution in [3.63, 3.8) is 0 Å². The Morgan fingerprint density at radius 2 is 1.86 bits per heavy atom. The Balaban J connectivity index is 1.94. The zero-order chi connectivity index (χ0) is 20.3. The maximum Gasteiger partial charge on any atom is 0.398 e. The van der Waals surface area contributed by atoms with Gasteiger partial charge < -0.3 is 4.74 Å². The number of hydrogen-bond acceptors (Lipinski definition) is 7. The molecule has 11 heteroatoms. The van der Waals surface area contributed by atoms with Crippen LogP contribution < -0.4 is 4.74 Å². The first-order chi connectivity index (χ1) is 13.1. The maximum absolute atomic E-state index is 13.6. The highest BCUT2D eigenvalue weighted by atomic mass is 32.2. The van der Waals surface area contributed by atoms with Crippen LogP contribution in [0.1, 0.15) is 42.9 Å². The number of ether oxygens (including phenoxy) is 1. The Labute approximate surface area is 159 Å². The third-order valence-electron chi connectivity index (χ3n) is 5.14. The van der Waals surface area contributed by atoms with Crippen molar-refractivity contribution in [2.24, 2.45) is 0 Å². The Morgan fingerprint density at radius 3 is 2.36 bits per heavy atom. The molecule has 150 valence electrons. The third-order valence-corrected chi connectivity index (χ3v) is 6.15. The van der Waals surface area contributed by atoms with E-state index < -0.39 is 32.0 Å². The predicted octanol–water partition coefficient (Wildman–Crippen LogP) is 2.82. The second-order valence-electron chi connectivity index (χ2n) is 7.18. The van der Waals surface area contributed by atoms with Crippen LogP contribution >= 0.6 is 0 Å². The number of sulfone groups is 1. The van der Waals surface area contributed by atoms with Crippen LogP contribution in [0.4, 0.5) is 13.2 Å². The first-order valence-corrected chi connectivity index (χ1v) is 10.5. The predicted molar refractivity (Wildman–Crippen MR) is 91.7 cm³/mol. The molecule has 0 aromatic carbocycles. The van der Waals surface area contributed by atoms with Gasteiger partial charge in [-0.2, -0.15) is 13.2 Å². The molecule has 0 atom stereocenters. The summed E-state index contributed by atoms with van der Waals surface area (Å²) in [7, 11) is -2.65. The molecule has 0 unspecified atom stereocenters. The standard InChI is InChI=1S/C17H17F3N4O3S/c1-27-14-11(12(9-3-4-9)22-8-23-14)13-21-7-10(15(24-13)28(2,25)26)16(5-6-16)17(18,19)20/h7-9H,3-6H2,1-2H3. The third kappa shape index (κ3) is 3.01. The summed E-state index contributed by atoms with van der Waals surface area (Å²) in [5.74, 6) is 0.240. The second kappa shape index (κ2) is 6.10. The van der Waals surface area contributed by atoms with E-state index in [0.29, 0.717) is 11.3 Å². The van der Waals surface area contributed by atoms with Crippen LogP contribution in [-0.4, -0.2) is 47.9 Å². The summed E-state index contributed by atoms with van der Waals surface area (Å²) in [6.07, 6.45) is -0.0327. The molecule has 0 spiro atoms. The van der Waals surface area contributed by atoms with Gasteiger partial charge in [-0.05, 0) is 25.7 Å². The van der Waals surface area contributed by atoms with E-state index in [2.05, 4.69) is 19.9 Å². The Kier molecular flexibility index (Phi) is 4.15. The van der Waals surface area contributed by atoms with Crippen molar-refractivity contribution in [3.05, 3.63) is 23.8 Å². The molecule has 2 saturated carbocycles. The normalized spacial score (nSPS) is 18.8. The first-order valence-electron chi connectivity index (χ1n) is 8.62. The molecule has 7 nitrogen and oxygen atoms in total. The lowest BCUT2D eigenvalue weighted by Crippen LogP contribution is -2.31. The van der Waals surface area contributed by atoms with Crippen LogP contribution in [0.15, 0.2) is 17.6 Å². The number of nitrogens with zero attached hydrogens (tertiary/aromatic N) is 4. The van der Waals surface area contributed by atoms with Crippen LogP contribution in [0.5, 0.6) is 5.88 Å². The lowest BCUT2D eigenvalue weighted by Gasteiger charge is -2.21.